The molecule has 0 amide bonds. The van der Waals surface area contributed by atoms with Gasteiger partial charge in [-0.2, -0.15) is 0 Å². The Balaban J connectivity index is 2.22. The Bertz CT molecular complexity index is 837. The quantitative estimate of drug-likeness (QED) is 0.810. The van der Waals surface area contributed by atoms with Gasteiger partial charge in [-0.3, -0.25) is 15.1 Å². The molecule has 0 aliphatic carbocycles. The van der Waals surface area contributed by atoms with Crippen LogP contribution >= 0.6 is 11.8 Å². The fourth-order valence-corrected chi connectivity index (χ4v) is 4.03. The summed E-state index contributed by atoms with van der Waals surface area (Å²) in [6, 6.07) is 11.9. The molecule has 0 bridgehead atoms. The van der Waals surface area contributed by atoms with Gasteiger partial charge in [0.15, 0.2) is 0 Å². The molecule has 1 N–H and O–H groups in total. The third-order valence-corrected chi connectivity index (χ3v) is 5.33. The van der Waals surface area contributed by atoms with Crippen LogP contribution in [-0.2, 0) is 9.53 Å². The Morgan fingerprint density at radius 2 is 2.04 bits per heavy atom. The number of aliphatic imine (C=N–C) groups is 1. The molecule has 2 aromatic carbocycles. The van der Waals surface area contributed by atoms with Crippen molar-refractivity contribution < 1.29 is 14.3 Å². The molecule has 5 nitrogen and oxygen atoms in total. The number of nitrogens with one attached hydrogen (secondary N) is 1. The Labute approximate surface area is 158 Å². The van der Waals surface area contributed by atoms with E-state index in [4.69, 9.17) is 9.47 Å². The van der Waals surface area contributed by atoms with Gasteiger partial charge in [-0.05, 0) is 36.9 Å². The molecule has 3 atom stereocenters. The molecule has 2 aromatic rings. The number of nitrogens with zero attached hydrogens (tertiary/aromatic N) is 1. The molecule has 0 radical (unpaired) electrons. The van der Waals surface area contributed by atoms with Crippen LogP contribution < -0.4 is 10.1 Å². The number of benzene rings is 2. The highest BCUT2D eigenvalue weighted by molar-refractivity contribution is 7.99. The van der Waals surface area contributed by atoms with Gasteiger partial charge in [-0.15, -0.1) is 11.8 Å². The molecule has 6 heteroatoms. The maximum atomic E-state index is 12.6. The van der Waals surface area contributed by atoms with Gasteiger partial charge < -0.3 is 9.47 Å². The highest BCUT2D eigenvalue weighted by atomic mass is 32.2. The van der Waals surface area contributed by atoms with E-state index in [1.165, 1.54) is 7.11 Å². The predicted molar refractivity (Wildman–Crippen MR) is 107 cm³/mol. The van der Waals surface area contributed by atoms with Crippen molar-refractivity contribution in [3.05, 3.63) is 42.0 Å². The van der Waals surface area contributed by atoms with Crippen LogP contribution in [0.1, 0.15) is 25.5 Å². The number of carbonyl (C=O) groups is 1. The highest BCUT2D eigenvalue weighted by Crippen LogP contribution is 2.40. The monoisotopic (exact) mass is 372 g/mol. The van der Waals surface area contributed by atoms with Crippen molar-refractivity contribution >= 4 is 34.2 Å². The van der Waals surface area contributed by atoms with Crippen LogP contribution in [0, 0.1) is 5.92 Å². The summed E-state index contributed by atoms with van der Waals surface area (Å²) in [6.07, 6.45) is 2.00. The van der Waals surface area contributed by atoms with Crippen LogP contribution in [0.15, 0.2) is 41.4 Å². The van der Waals surface area contributed by atoms with Gasteiger partial charge in [0.25, 0.3) is 0 Å². The number of hydrogen-bond donors (Lipinski definition) is 1. The topological polar surface area (TPSA) is 59.9 Å². The Kier molecular flexibility index (Phi) is 5.84. The molecule has 138 valence electrons. The van der Waals surface area contributed by atoms with E-state index in [0.717, 1.165) is 27.8 Å². The smallest absolute Gasteiger partial charge is 0.316 e. The largest absolute Gasteiger partial charge is 0.494 e. The standard InChI is InChI=1S/C20H24N2O3S/c1-5-25-15-11-10-13-8-6-7-9-14(13)17(15)18-16(19(23)24-3)12(2)21-20(22-18)26-4/h6-11,16,18,20,22H,5H2,1-4H3/t16-,18-,20+/m1/s1. The summed E-state index contributed by atoms with van der Waals surface area (Å²) in [6.45, 7) is 4.41. The summed E-state index contributed by atoms with van der Waals surface area (Å²) < 4.78 is 11.0. The lowest BCUT2D eigenvalue weighted by Crippen LogP contribution is -2.45. The first-order chi connectivity index (χ1) is 12.6. The fraction of sp³-hybridized carbons (Fsp3) is 0.400. The molecule has 0 unspecified atom stereocenters. The van der Waals surface area contributed by atoms with Crippen molar-refractivity contribution in [1.29, 1.82) is 0 Å². The molecule has 3 rings (SSSR count). The first-order valence-electron chi connectivity index (χ1n) is 8.66. The average Bonchev–Trinajstić information content (AvgIpc) is 2.66. The number of thioether (sulfide) groups is 1. The second-order valence-corrected chi connectivity index (χ2v) is 7.05. The summed E-state index contributed by atoms with van der Waals surface area (Å²) in [7, 11) is 1.42. The van der Waals surface area contributed by atoms with Gasteiger partial charge in [0.2, 0.25) is 0 Å². The van der Waals surface area contributed by atoms with Crippen molar-refractivity contribution in [2.24, 2.45) is 10.9 Å². The molecule has 26 heavy (non-hydrogen) atoms. The predicted octanol–water partition coefficient (Wildman–Crippen LogP) is 3.78. The zero-order valence-corrected chi connectivity index (χ0v) is 16.3. The Morgan fingerprint density at radius 3 is 2.73 bits per heavy atom. The molecule has 1 heterocycles. The lowest BCUT2D eigenvalue weighted by atomic mass is 9.85. The van der Waals surface area contributed by atoms with E-state index in [-0.39, 0.29) is 17.5 Å². The van der Waals surface area contributed by atoms with Crippen LogP contribution in [0.3, 0.4) is 0 Å². The van der Waals surface area contributed by atoms with E-state index >= 15 is 0 Å². The van der Waals surface area contributed by atoms with E-state index in [9.17, 15) is 4.79 Å². The fourth-order valence-electron chi connectivity index (χ4n) is 3.48. The Morgan fingerprint density at radius 1 is 1.27 bits per heavy atom. The molecule has 0 saturated carbocycles. The summed E-state index contributed by atoms with van der Waals surface area (Å²) in [5.74, 6) is -0.000691. The van der Waals surface area contributed by atoms with Gasteiger partial charge in [0.05, 0.1) is 19.8 Å². The second-order valence-electron chi connectivity index (χ2n) is 6.14. The maximum absolute atomic E-state index is 12.6. The maximum Gasteiger partial charge on any atom is 0.316 e. The minimum absolute atomic E-state index is 0.116. The normalized spacial score (nSPS) is 22.8. The van der Waals surface area contributed by atoms with Crippen LogP contribution in [0.4, 0.5) is 0 Å². The number of methoxy groups -OCH3 is 1. The van der Waals surface area contributed by atoms with Crippen molar-refractivity contribution in [3.8, 4) is 5.75 Å². The number of fused-ring (bicyclic) bond motifs is 1. The molecular formula is C20H24N2O3S. The molecule has 1 aliphatic heterocycles. The second kappa shape index (κ2) is 8.10. The molecule has 0 aromatic heterocycles. The Hall–Kier alpha value is -2.05. The summed E-state index contributed by atoms with van der Waals surface area (Å²) >= 11 is 1.60. The number of hydrogen-bond acceptors (Lipinski definition) is 6. The molecule has 0 fully saturated rings. The van der Waals surface area contributed by atoms with Crippen molar-refractivity contribution in [2.45, 2.75) is 25.4 Å². The number of esters is 1. The first-order valence-corrected chi connectivity index (χ1v) is 9.94. The van der Waals surface area contributed by atoms with Gasteiger partial charge >= 0.3 is 5.97 Å². The van der Waals surface area contributed by atoms with Crippen LogP contribution in [0.5, 0.6) is 5.75 Å². The van der Waals surface area contributed by atoms with E-state index in [2.05, 4.69) is 22.4 Å². The molecule has 1 aliphatic rings. The van der Waals surface area contributed by atoms with Crippen molar-refractivity contribution in [2.75, 3.05) is 20.0 Å². The molecule has 0 spiro atoms. The lowest BCUT2D eigenvalue weighted by Gasteiger charge is -2.35. The molecular weight excluding hydrogens is 348 g/mol. The van der Waals surface area contributed by atoms with E-state index in [0.29, 0.717) is 6.61 Å². The van der Waals surface area contributed by atoms with Crippen molar-refractivity contribution in [1.82, 2.24) is 5.32 Å². The van der Waals surface area contributed by atoms with Crippen LogP contribution in [0.25, 0.3) is 10.8 Å². The zero-order chi connectivity index (χ0) is 18.7. The van der Waals surface area contributed by atoms with Gasteiger partial charge in [-0.1, -0.05) is 30.3 Å². The van der Waals surface area contributed by atoms with Gasteiger partial charge in [0, 0.05) is 11.3 Å². The number of ether oxygens (including phenoxy) is 2. The lowest BCUT2D eigenvalue weighted by molar-refractivity contribution is -0.144. The summed E-state index contributed by atoms with van der Waals surface area (Å²) in [5, 5.41) is 5.68. The summed E-state index contributed by atoms with van der Waals surface area (Å²) in [4.78, 5) is 17.2. The van der Waals surface area contributed by atoms with Crippen LogP contribution in [-0.4, -0.2) is 37.2 Å². The van der Waals surface area contributed by atoms with Gasteiger partial charge in [-0.25, -0.2) is 0 Å². The van der Waals surface area contributed by atoms with Gasteiger partial charge in [0.1, 0.15) is 17.2 Å². The zero-order valence-electron chi connectivity index (χ0n) is 15.5. The number of rotatable bonds is 5. The van der Waals surface area contributed by atoms with E-state index in [1.807, 2.05) is 44.4 Å². The third kappa shape index (κ3) is 3.44. The van der Waals surface area contributed by atoms with E-state index < -0.39 is 5.92 Å². The first kappa shape index (κ1) is 18.7. The average molecular weight is 372 g/mol. The minimum atomic E-state index is -0.492. The third-order valence-electron chi connectivity index (χ3n) is 4.65. The summed E-state index contributed by atoms with van der Waals surface area (Å²) in [5.41, 5.74) is 1.64. The minimum Gasteiger partial charge on any atom is -0.494 e. The SMILES string of the molecule is CCOc1ccc2ccccc2c1[C@@H]1N[C@@H](SC)N=C(C)[C@H]1C(=O)OC. The highest BCUT2D eigenvalue weighted by Gasteiger charge is 2.39. The van der Waals surface area contributed by atoms with Crippen LogP contribution in [0.2, 0.25) is 0 Å². The van der Waals surface area contributed by atoms with E-state index in [1.54, 1.807) is 11.8 Å². The molecule has 0 saturated heterocycles. The number of carbonyl (C=O) groups excluding carboxylic acids is 1. The van der Waals surface area contributed by atoms with Crippen molar-refractivity contribution in [3.63, 3.8) is 0 Å².